The van der Waals surface area contributed by atoms with Crippen LogP contribution in [0.4, 0.5) is 0 Å². The molecular formula is C14H18INO3. The molecule has 2 N–H and O–H groups in total. The molecule has 1 aromatic rings. The van der Waals surface area contributed by atoms with Gasteiger partial charge in [0.15, 0.2) is 0 Å². The van der Waals surface area contributed by atoms with E-state index in [0.717, 1.165) is 9.13 Å². The Morgan fingerprint density at radius 2 is 2.00 bits per heavy atom. The molecule has 19 heavy (non-hydrogen) atoms. The number of rotatable bonds is 5. The molecular weight excluding hydrogens is 357 g/mol. The number of aliphatic carboxylic acids is 1. The highest BCUT2D eigenvalue weighted by Crippen LogP contribution is 2.17. The van der Waals surface area contributed by atoms with Crippen molar-refractivity contribution < 1.29 is 14.7 Å². The van der Waals surface area contributed by atoms with E-state index in [-0.39, 0.29) is 11.8 Å². The Morgan fingerprint density at radius 1 is 1.37 bits per heavy atom. The Bertz CT molecular complexity index is 486. The lowest BCUT2D eigenvalue weighted by Gasteiger charge is -2.17. The van der Waals surface area contributed by atoms with Crippen LogP contribution in [0.5, 0.6) is 0 Å². The fraction of sp³-hybridized carbons (Fsp3) is 0.429. The number of carbonyl (C=O) groups is 2. The number of carboxylic acids is 1. The molecule has 0 saturated heterocycles. The number of hydrogen-bond donors (Lipinski definition) is 2. The summed E-state index contributed by atoms with van der Waals surface area (Å²) in [5, 5.41) is 11.7. The SMILES string of the molecule is Cc1cccc(C(=O)N[C@H](CC(C)C)C(=O)O)c1I. The van der Waals surface area contributed by atoms with Gasteiger partial charge in [-0.2, -0.15) is 0 Å². The lowest BCUT2D eigenvalue weighted by molar-refractivity contribution is -0.139. The molecule has 0 aliphatic heterocycles. The van der Waals surface area contributed by atoms with Crippen molar-refractivity contribution in [2.24, 2.45) is 5.92 Å². The van der Waals surface area contributed by atoms with E-state index in [9.17, 15) is 9.59 Å². The molecule has 0 heterocycles. The van der Waals surface area contributed by atoms with E-state index in [1.54, 1.807) is 12.1 Å². The molecule has 0 aromatic heterocycles. The summed E-state index contributed by atoms with van der Waals surface area (Å²) in [5.74, 6) is -1.12. The lowest BCUT2D eigenvalue weighted by atomic mass is 10.0. The van der Waals surface area contributed by atoms with E-state index in [2.05, 4.69) is 27.9 Å². The van der Waals surface area contributed by atoms with Crippen LogP contribution in [0.3, 0.4) is 0 Å². The van der Waals surface area contributed by atoms with E-state index < -0.39 is 12.0 Å². The second kappa shape index (κ2) is 6.88. The van der Waals surface area contributed by atoms with E-state index >= 15 is 0 Å². The second-order valence-corrected chi connectivity index (χ2v) is 6.01. The van der Waals surface area contributed by atoms with Gasteiger partial charge in [-0.05, 0) is 53.5 Å². The summed E-state index contributed by atoms with van der Waals surface area (Å²) in [6.07, 6.45) is 0.420. The first-order valence-corrected chi connectivity index (χ1v) is 7.19. The third-order valence-electron chi connectivity index (χ3n) is 2.75. The Morgan fingerprint density at radius 3 is 2.53 bits per heavy atom. The number of amides is 1. The molecule has 0 radical (unpaired) electrons. The Hall–Kier alpha value is -1.11. The monoisotopic (exact) mass is 375 g/mol. The quantitative estimate of drug-likeness (QED) is 0.778. The third-order valence-corrected chi connectivity index (χ3v) is 4.18. The molecule has 5 heteroatoms. The molecule has 0 fully saturated rings. The third kappa shape index (κ3) is 4.49. The first kappa shape index (κ1) is 15.9. The number of benzene rings is 1. The lowest BCUT2D eigenvalue weighted by Crippen LogP contribution is -2.41. The minimum atomic E-state index is -0.996. The largest absolute Gasteiger partial charge is 0.480 e. The number of aryl methyl sites for hydroxylation is 1. The molecule has 1 atom stereocenters. The number of halogens is 1. The van der Waals surface area contributed by atoms with Gasteiger partial charge < -0.3 is 10.4 Å². The summed E-state index contributed by atoms with van der Waals surface area (Å²) in [7, 11) is 0. The maximum atomic E-state index is 12.1. The van der Waals surface area contributed by atoms with Crippen LogP contribution in [-0.2, 0) is 4.79 Å². The fourth-order valence-corrected chi connectivity index (χ4v) is 2.36. The van der Waals surface area contributed by atoms with Crippen molar-refractivity contribution >= 4 is 34.5 Å². The highest BCUT2D eigenvalue weighted by atomic mass is 127. The maximum Gasteiger partial charge on any atom is 0.326 e. The predicted octanol–water partition coefficient (Wildman–Crippen LogP) is 2.83. The summed E-state index contributed by atoms with van der Waals surface area (Å²) in [6, 6.07) is 4.58. The highest BCUT2D eigenvalue weighted by molar-refractivity contribution is 14.1. The summed E-state index contributed by atoms with van der Waals surface area (Å²) in [4.78, 5) is 23.3. The summed E-state index contributed by atoms with van der Waals surface area (Å²) in [5.41, 5.74) is 1.53. The molecule has 104 valence electrons. The minimum Gasteiger partial charge on any atom is -0.480 e. The molecule has 1 rings (SSSR count). The van der Waals surface area contributed by atoms with Gasteiger partial charge in [0.05, 0.1) is 5.56 Å². The van der Waals surface area contributed by atoms with Crippen molar-refractivity contribution in [3.63, 3.8) is 0 Å². The second-order valence-electron chi connectivity index (χ2n) is 4.93. The molecule has 1 amide bonds. The molecule has 0 aliphatic rings. The molecule has 0 spiro atoms. The van der Waals surface area contributed by atoms with Crippen LogP contribution in [0, 0.1) is 16.4 Å². The van der Waals surface area contributed by atoms with Crippen molar-refractivity contribution in [2.75, 3.05) is 0 Å². The van der Waals surface area contributed by atoms with Gasteiger partial charge in [-0.1, -0.05) is 26.0 Å². The van der Waals surface area contributed by atoms with Gasteiger partial charge in [-0.25, -0.2) is 4.79 Å². The van der Waals surface area contributed by atoms with E-state index in [1.807, 2.05) is 26.8 Å². The van der Waals surface area contributed by atoms with Gasteiger partial charge in [0, 0.05) is 3.57 Å². The average Bonchev–Trinajstić information content (AvgIpc) is 2.31. The number of hydrogen-bond acceptors (Lipinski definition) is 2. The van der Waals surface area contributed by atoms with E-state index in [4.69, 9.17) is 5.11 Å². The van der Waals surface area contributed by atoms with Crippen molar-refractivity contribution in [3.05, 3.63) is 32.9 Å². The zero-order chi connectivity index (χ0) is 14.6. The molecule has 4 nitrogen and oxygen atoms in total. The maximum absolute atomic E-state index is 12.1. The summed E-state index contributed by atoms with van der Waals surface area (Å²) < 4.78 is 0.853. The molecule has 1 aromatic carbocycles. The first-order chi connectivity index (χ1) is 8.82. The van der Waals surface area contributed by atoms with Gasteiger partial charge in [-0.15, -0.1) is 0 Å². The first-order valence-electron chi connectivity index (χ1n) is 6.11. The van der Waals surface area contributed by atoms with Gasteiger partial charge in [0.2, 0.25) is 0 Å². The van der Waals surface area contributed by atoms with E-state index in [1.165, 1.54) is 0 Å². The van der Waals surface area contributed by atoms with Gasteiger partial charge in [-0.3, -0.25) is 4.79 Å². The van der Waals surface area contributed by atoms with Crippen LogP contribution in [0.1, 0.15) is 36.2 Å². The molecule has 0 bridgehead atoms. The van der Waals surface area contributed by atoms with E-state index in [0.29, 0.717) is 12.0 Å². The number of carboxylic acid groups (broad SMARTS) is 1. The predicted molar refractivity (Wildman–Crippen MR) is 82.2 cm³/mol. The Kier molecular flexibility index (Phi) is 5.78. The number of nitrogens with one attached hydrogen (secondary N) is 1. The highest BCUT2D eigenvalue weighted by Gasteiger charge is 2.22. The van der Waals surface area contributed by atoms with Gasteiger partial charge in [0.1, 0.15) is 6.04 Å². The van der Waals surface area contributed by atoms with Crippen LogP contribution in [0.15, 0.2) is 18.2 Å². The molecule has 0 saturated carbocycles. The van der Waals surface area contributed by atoms with Crippen LogP contribution in [0.25, 0.3) is 0 Å². The van der Waals surface area contributed by atoms with Crippen molar-refractivity contribution in [1.29, 1.82) is 0 Å². The standard InChI is InChI=1S/C14H18INO3/c1-8(2)7-11(14(18)19)16-13(17)10-6-4-5-9(3)12(10)15/h4-6,8,11H,7H2,1-3H3,(H,16,17)(H,18,19)/t11-/m1/s1. The molecule has 0 aliphatic carbocycles. The Labute approximate surface area is 126 Å². The van der Waals surface area contributed by atoms with Crippen LogP contribution < -0.4 is 5.32 Å². The number of carbonyl (C=O) groups excluding carboxylic acids is 1. The minimum absolute atomic E-state index is 0.206. The summed E-state index contributed by atoms with van der Waals surface area (Å²) >= 11 is 2.10. The van der Waals surface area contributed by atoms with Gasteiger partial charge in [0.25, 0.3) is 5.91 Å². The smallest absolute Gasteiger partial charge is 0.326 e. The summed E-state index contributed by atoms with van der Waals surface area (Å²) in [6.45, 7) is 5.78. The normalized spacial score (nSPS) is 12.3. The fourth-order valence-electron chi connectivity index (χ4n) is 1.75. The van der Waals surface area contributed by atoms with Crippen LogP contribution >= 0.6 is 22.6 Å². The van der Waals surface area contributed by atoms with Crippen molar-refractivity contribution in [3.8, 4) is 0 Å². The van der Waals surface area contributed by atoms with Crippen LogP contribution in [0.2, 0.25) is 0 Å². The Balaban J connectivity index is 2.88. The van der Waals surface area contributed by atoms with Gasteiger partial charge >= 0.3 is 5.97 Å². The van der Waals surface area contributed by atoms with Crippen molar-refractivity contribution in [1.82, 2.24) is 5.32 Å². The van der Waals surface area contributed by atoms with Crippen LogP contribution in [-0.4, -0.2) is 23.0 Å². The average molecular weight is 375 g/mol. The topological polar surface area (TPSA) is 66.4 Å². The molecule has 0 unspecified atom stereocenters. The zero-order valence-electron chi connectivity index (χ0n) is 11.2. The zero-order valence-corrected chi connectivity index (χ0v) is 13.4. The van der Waals surface area contributed by atoms with Crippen molar-refractivity contribution in [2.45, 2.75) is 33.2 Å².